The molecule has 1 rings (SSSR count). The Kier molecular flexibility index (Phi) is 3.63. The SMILES string of the molecule is CC(C)NC(=O)/C(C#N)=C1\C=NC=CN1. The van der Waals surface area contributed by atoms with Crippen LogP contribution >= 0.6 is 0 Å². The first-order chi connectivity index (χ1) is 7.15. The summed E-state index contributed by atoms with van der Waals surface area (Å²) in [4.78, 5) is 15.4. The second-order valence-electron chi connectivity index (χ2n) is 3.27. The standard InChI is InChI=1S/C10H12N4O/c1-7(2)14-10(15)8(5-11)9-6-12-3-4-13-9/h3-4,6-7,13H,1-2H3,(H,14,15)/b9-8+. The van der Waals surface area contributed by atoms with E-state index in [0.29, 0.717) is 5.70 Å². The molecule has 1 aliphatic rings. The molecule has 1 heterocycles. The Balaban J connectivity index is 2.89. The van der Waals surface area contributed by atoms with Crippen LogP contribution in [0.2, 0.25) is 0 Å². The Morgan fingerprint density at radius 3 is 2.87 bits per heavy atom. The lowest BCUT2D eigenvalue weighted by Gasteiger charge is -2.10. The van der Waals surface area contributed by atoms with Crippen molar-refractivity contribution in [2.75, 3.05) is 0 Å². The lowest BCUT2D eigenvalue weighted by Crippen LogP contribution is -2.33. The third-order valence-corrected chi connectivity index (χ3v) is 1.63. The fraction of sp³-hybridized carbons (Fsp3) is 0.300. The molecule has 2 N–H and O–H groups in total. The Morgan fingerprint density at radius 2 is 2.40 bits per heavy atom. The van der Waals surface area contributed by atoms with Gasteiger partial charge in [-0.3, -0.25) is 9.79 Å². The van der Waals surface area contributed by atoms with Crippen LogP contribution in [-0.4, -0.2) is 18.2 Å². The van der Waals surface area contributed by atoms with Gasteiger partial charge in [-0.1, -0.05) is 0 Å². The van der Waals surface area contributed by atoms with Crippen molar-refractivity contribution in [1.82, 2.24) is 10.6 Å². The van der Waals surface area contributed by atoms with E-state index in [2.05, 4.69) is 15.6 Å². The highest BCUT2D eigenvalue weighted by Crippen LogP contribution is 2.02. The number of nitrogens with zero attached hydrogens (tertiary/aromatic N) is 2. The number of nitriles is 1. The van der Waals surface area contributed by atoms with Crippen LogP contribution in [0, 0.1) is 11.3 Å². The maximum Gasteiger partial charge on any atom is 0.264 e. The Labute approximate surface area is 88.2 Å². The molecule has 0 aromatic carbocycles. The van der Waals surface area contributed by atoms with Crippen molar-refractivity contribution in [2.24, 2.45) is 4.99 Å². The molecule has 0 spiro atoms. The molecule has 0 aromatic rings. The number of hydrogen-bond acceptors (Lipinski definition) is 4. The van der Waals surface area contributed by atoms with Gasteiger partial charge in [-0.2, -0.15) is 5.26 Å². The van der Waals surface area contributed by atoms with Crippen molar-refractivity contribution in [3.8, 4) is 6.07 Å². The average Bonchev–Trinajstić information content (AvgIpc) is 2.19. The smallest absolute Gasteiger partial charge is 0.264 e. The van der Waals surface area contributed by atoms with Crippen LogP contribution < -0.4 is 10.6 Å². The number of hydrogen-bond donors (Lipinski definition) is 2. The minimum absolute atomic E-state index is 0.00229. The third kappa shape index (κ3) is 2.95. The molecular formula is C10H12N4O. The molecule has 0 aromatic heterocycles. The van der Waals surface area contributed by atoms with E-state index >= 15 is 0 Å². The van der Waals surface area contributed by atoms with E-state index in [-0.39, 0.29) is 11.6 Å². The van der Waals surface area contributed by atoms with Crippen molar-refractivity contribution in [3.63, 3.8) is 0 Å². The Hall–Kier alpha value is -2.09. The number of rotatable bonds is 2. The van der Waals surface area contributed by atoms with Gasteiger partial charge in [0.05, 0.1) is 11.9 Å². The molecule has 5 nitrogen and oxygen atoms in total. The molecule has 0 unspecified atom stereocenters. The molecular weight excluding hydrogens is 192 g/mol. The van der Waals surface area contributed by atoms with E-state index in [1.807, 2.05) is 19.9 Å². The fourth-order valence-corrected chi connectivity index (χ4v) is 1.03. The van der Waals surface area contributed by atoms with Crippen LogP contribution in [0.15, 0.2) is 28.7 Å². The average molecular weight is 204 g/mol. The number of carbonyl (C=O) groups excluding carboxylic acids is 1. The van der Waals surface area contributed by atoms with Gasteiger partial charge in [-0.05, 0) is 13.8 Å². The highest BCUT2D eigenvalue weighted by molar-refractivity contribution is 6.03. The van der Waals surface area contributed by atoms with E-state index in [4.69, 9.17) is 5.26 Å². The number of amides is 1. The highest BCUT2D eigenvalue weighted by atomic mass is 16.1. The predicted molar refractivity (Wildman–Crippen MR) is 56.7 cm³/mol. The summed E-state index contributed by atoms with van der Waals surface area (Å²) in [6.07, 6.45) is 4.55. The van der Waals surface area contributed by atoms with Gasteiger partial charge in [0.1, 0.15) is 11.6 Å². The predicted octanol–water partition coefficient (Wildman–Crippen LogP) is 0.434. The molecule has 5 heteroatoms. The largest absolute Gasteiger partial charge is 0.358 e. The number of allylic oxidation sites excluding steroid dienone is 1. The first kappa shape index (κ1) is 11.0. The Bertz CT molecular complexity index is 385. The molecule has 15 heavy (non-hydrogen) atoms. The van der Waals surface area contributed by atoms with Crippen LogP contribution in [0.5, 0.6) is 0 Å². The minimum atomic E-state index is -0.392. The number of aliphatic imine (C=N–C) groups is 1. The zero-order valence-electron chi connectivity index (χ0n) is 8.61. The second kappa shape index (κ2) is 4.96. The van der Waals surface area contributed by atoms with Gasteiger partial charge in [-0.25, -0.2) is 0 Å². The van der Waals surface area contributed by atoms with Gasteiger partial charge in [0.25, 0.3) is 5.91 Å². The lowest BCUT2D eigenvalue weighted by atomic mass is 10.2. The van der Waals surface area contributed by atoms with E-state index in [0.717, 1.165) is 0 Å². The molecule has 0 saturated heterocycles. The van der Waals surface area contributed by atoms with Gasteiger partial charge >= 0.3 is 0 Å². The Morgan fingerprint density at radius 1 is 1.67 bits per heavy atom. The van der Waals surface area contributed by atoms with Crippen LogP contribution in [0.1, 0.15) is 13.8 Å². The minimum Gasteiger partial charge on any atom is -0.358 e. The summed E-state index contributed by atoms with van der Waals surface area (Å²) in [6.45, 7) is 3.67. The van der Waals surface area contributed by atoms with Crippen LogP contribution in [0.4, 0.5) is 0 Å². The summed E-state index contributed by atoms with van der Waals surface area (Å²) >= 11 is 0. The number of nitrogens with one attached hydrogen (secondary N) is 2. The molecule has 1 aliphatic heterocycles. The van der Waals surface area contributed by atoms with Crippen molar-refractivity contribution < 1.29 is 4.79 Å². The third-order valence-electron chi connectivity index (χ3n) is 1.63. The molecule has 0 aliphatic carbocycles. The molecule has 0 bridgehead atoms. The molecule has 0 fully saturated rings. The summed E-state index contributed by atoms with van der Waals surface area (Å²) < 4.78 is 0. The highest BCUT2D eigenvalue weighted by Gasteiger charge is 2.15. The normalized spacial score (nSPS) is 16.9. The van der Waals surface area contributed by atoms with E-state index in [1.165, 1.54) is 6.21 Å². The topological polar surface area (TPSA) is 77.3 Å². The van der Waals surface area contributed by atoms with Crippen molar-refractivity contribution >= 4 is 12.1 Å². The van der Waals surface area contributed by atoms with Gasteiger partial charge < -0.3 is 10.6 Å². The summed E-state index contributed by atoms with van der Waals surface area (Å²) in [5.41, 5.74) is 0.454. The molecule has 0 atom stereocenters. The zero-order valence-corrected chi connectivity index (χ0v) is 8.61. The van der Waals surface area contributed by atoms with Crippen molar-refractivity contribution in [1.29, 1.82) is 5.26 Å². The summed E-state index contributed by atoms with van der Waals surface area (Å²) in [5.74, 6) is -0.392. The molecule has 0 saturated carbocycles. The zero-order chi connectivity index (χ0) is 11.3. The van der Waals surface area contributed by atoms with Crippen molar-refractivity contribution in [3.05, 3.63) is 23.7 Å². The summed E-state index contributed by atoms with van der Waals surface area (Å²) in [6, 6.07) is 1.85. The molecule has 78 valence electrons. The first-order valence-corrected chi connectivity index (χ1v) is 4.55. The lowest BCUT2D eigenvalue weighted by molar-refractivity contribution is -0.117. The second-order valence-corrected chi connectivity index (χ2v) is 3.27. The van der Waals surface area contributed by atoms with Crippen molar-refractivity contribution in [2.45, 2.75) is 19.9 Å². The van der Waals surface area contributed by atoms with Gasteiger partial charge in [0.15, 0.2) is 0 Å². The van der Waals surface area contributed by atoms with Crippen LogP contribution in [-0.2, 0) is 4.79 Å². The van der Waals surface area contributed by atoms with E-state index < -0.39 is 5.91 Å². The van der Waals surface area contributed by atoms with Crippen LogP contribution in [0.3, 0.4) is 0 Å². The van der Waals surface area contributed by atoms with E-state index in [9.17, 15) is 4.79 Å². The van der Waals surface area contributed by atoms with Gasteiger partial charge in [0, 0.05) is 18.4 Å². The number of carbonyl (C=O) groups is 1. The monoisotopic (exact) mass is 204 g/mol. The first-order valence-electron chi connectivity index (χ1n) is 4.55. The quantitative estimate of drug-likeness (QED) is 0.506. The fourth-order valence-electron chi connectivity index (χ4n) is 1.03. The van der Waals surface area contributed by atoms with Gasteiger partial charge in [0.2, 0.25) is 0 Å². The molecule has 1 amide bonds. The maximum atomic E-state index is 11.6. The molecule has 0 radical (unpaired) electrons. The summed E-state index contributed by atoms with van der Waals surface area (Å²) in [5, 5.41) is 14.3. The van der Waals surface area contributed by atoms with Crippen LogP contribution in [0.25, 0.3) is 0 Å². The van der Waals surface area contributed by atoms with E-state index in [1.54, 1.807) is 12.4 Å². The van der Waals surface area contributed by atoms with Gasteiger partial charge in [-0.15, -0.1) is 0 Å². The maximum absolute atomic E-state index is 11.6. The summed E-state index contributed by atoms with van der Waals surface area (Å²) in [7, 11) is 0.